The van der Waals surface area contributed by atoms with Crippen LogP contribution in [-0.4, -0.2) is 47.6 Å². The number of aromatic nitrogens is 2. The maximum Gasteiger partial charge on any atom is 0.277 e. The highest BCUT2D eigenvalue weighted by molar-refractivity contribution is 5.96. The van der Waals surface area contributed by atoms with Gasteiger partial charge in [-0.25, -0.2) is 4.63 Å². The normalized spacial score (nSPS) is 10.8. The Balaban J connectivity index is 1.98. The highest BCUT2D eigenvalue weighted by atomic mass is 16.6. The molecule has 0 bridgehead atoms. The lowest BCUT2D eigenvalue weighted by Crippen LogP contribution is -2.27. The van der Waals surface area contributed by atoms with Crippen LogP contribution in [0.15, 0.2) is 21.8 Å². The lowest BCUT2D eigenvalue weighted by molar-refractivity contribution is -0.385. The van der Waals surface area contributed by atoms with Crippen LogP contribution in [0, 0.1) is 10.1 Å². The molecule has 2 rings (SSSR count). The van der Waals surface area contributed by atoms with E-state index in [1.807, 2.05) is 0 Å². The van der Waals surface area contributed by atoms with Gasteiger partial charge in [0.2, 0.25) is 11.5 Å². The van der Waals surface area contributed by atoms with Crippen molar-refractivity contribution in [2.45, 2.75) is 0 Å². The topological polar surface area (TPSA) is 182 Å². The van der Waals surface area contributed by atoms with Crippen LogP contribution in [0.3, 0.4) is 0 Å². The molecule has 1 amide bonds. The van der Waals surface area contributed by atoms with Crippen LogP contribution in [0.1, 0.15) is 16.1 Å². The van der Waals surface area contributed by atoms with Crippen molar-refractivity contribution in [3.8, 4) is 11.5 Å². The fourth-order valence-corrected chi connectivity index (χ4v) is 1.80. The van der Waals surface area contributed by atoms with E-state index in [0.717, 1.165) is 12.1 Å². The summed E-state index contributed by atoms with van der Waals surface area (Å²) in [6.07, 6.45) is 1.18. The van der Waals surface area contributed by atoms with Crippen LogP contribution >= 0.6 is 0 Å². The summed E-state index contributed by atoms with van der Waals surface area (Å²) in [5.74, 6) is -1.41. The molecule has 0 atom stereocenters. The standard InChI is InChI=1S/C13H14N6O6/c1-24-9-5-8(19(22)23)4-7(11(9)20)6-15-2-3-16-13(21)10-12(14)18-25-17-10/h4-6,20H,2-3H2,1H3,(H2,14,18)(H,16,21)/p-1. The molecule has 132 valence electrons. The Hall–Kier alpha value is -3.70. The first-order chi connectivity index (χ1) is 11.9. The number of aliphatic imine (C=N–C) groups is 1. The first-order valence-electron chi connectivity index (χ1n) is 6.83. The molecule has 0 aliphatic rings. The minimum absolute atomic E-state index is 0.00215. The summed E-state index contributed by atoms with van der Waals surface area (Å²) in [5, 5.41) is 31.9. The molecule has 0 aliphatic carbocycles. The van der Waals surface area contributed by atoms with Crippen LogP contribution in [0.25, 0.3) is 0 Å². The van der Waals surface area contributed by atoms with E-state index < -0.39 is 16.6 Å². The van der Waals surface area contributed by atoms with Crippen molar-refractivity contribution in [2.75, 3.05) is 25.9 Å². The van der Waals surface area contributed by atoms with Crippen LogP contribution in [0.4, 0.5) is 11.5 Å². The molecule has 1 aromatic heterocycles. The SMILES string of the molecule is COc1cc([N+](=O)[O-])cc(C=NCCNC(=O)c2nonc2N)c1[O-]. The Bertz CT molecular complexity index is 817. The smallest absolute Gasteiger partial charge is 0.277 e. The highest BCUT2D eigenvalue weighted by Crippen LogP contribution is 2.31. The fraction of sp³-hybridized carbons (Fsp3) is 0.231. The number of nitrogen functional groups attached to an aromatic ring is 1. The predicted molar refractivity (Wildman–Crippen MR) is 82.6 cm³/mol. The quantitative estimate of drug-likeness (QED) is 0.288. The summed E-state index contributed by atoms with van der Waals surface area (Å²) < 4.78 is 9.12. The second kappa shape index (κ2) is 7.72. The number of carbonyl (C=O) groups excluding carboxylic acids is 1. The van der Waals surface area contributed by atoms with E-state index in [4.69, 9.17) is 10.5 Å². The van der Waals surface area contributed by atoms with E-state index in [-0.39, 0.29) is 41.6 Å². The first kappa shape index (κ1) is 17.7. The van der Waals surface area contributed by atoms with Gasteiger partial charge in [0.25, 0.3) is 11.6 Å². The van der Waals surface area contributed by atoms with Crippen LogP contribution in [0.2, 0.25) is 0 Å². The molecule has 25 heavy (non-hydrogen) atoms. The molecule has 3 N–H and O–H groups in total. The number of nitrogens with zero attached hydrogens (tertiary/aromatic N) is 4. The summed E-state index contributed by atoms with van der Waals surface area (Å²) >= 11 is 0. The maximum atomic E-state index is 12.0. The van der Waals surface area contributed by atoms with Gasteiger partial charge in [-0.3, -0.25) is 19.9 Å². The summed E-state index contributed by atoms with van der Waals surface area (Å²) in [6, 6.07) is 2.13. The summed E-state index contributed by atoms with van der Waals surface area (Å²) in [5.41, 5.74) is 4.94. The molecule has 0 unspecified atom stereocenters. The van der Waals surface area contributed by atoms with Crippen molar-refractivity contribution in [1.29, 1.82) is 0 Å². The number of ether oxygens (including phenoxy) is 1. The molecule has 1 heterocycles. The summed E-state index contributed by atoms with van der Waals surface area (Å²) in [6.45, 7) is 0.225. The van der Waals surface area contributed by atoms with Crippen molar-refractivity contribution in [2.24, 2.45) is 4.99 Å². The minimum atomic E-state index is -0.643. The number of methoxy groups -OCH3 is 1. The molecular weight excluding hydrogens is 336 g/mol. The number of nitro benzene ring substituents is 1. The molecule has 12 heteroatoms. The van der Waals surface area contributed by atoms with Gasteiger partial charge in [-0.2, -0.15) is 0 Å². The van der Waals surface area contributed by atoms with E-state index in [2.05, 4.69) is 25.3 Å². The number of hydrogen-bond donors (Lipinski definition) is 2. The monoisotopic (exact) mass is 349 g/mol. The van der Waals surface area contributed by atoms with E-state index in [9.17, 15) is 20.0 Å². The number of nitro groups is 1. The van der Waals surface area contributed by atoms with Gasteiger partial charge < -0.3 is 20.9 Å². The molecule has 12 nitrogen and oxygen atoms in total. The Morgan fingerprint density at radius 3 is 2.88 bits per heavy atom. The number of anilines is 1. The Morgan fingerprint density at radius 1 is 1.52 bits per heavy atom. The van der Waals surface area contributed by atoms with Crippen molar-refractivity contribution in [3.05, 3.63) is 33.5 Å². The van der Waals surface area contributed by atoms with Gasteiger partial charge >= 0.3 is 0 Å². The van der Waals surface area contributed by atoms with Gasteiger partial charge in [0.1, 0.15) is 5.75 Å². The number of benzene rings is 1. The van der Waals surface area contributed by atoms with Crippen LogP contribution in [-0.2, 0) is 0 Å². The number of nitrogens with two attached hydrogens (primary N) is 1. The molecular formula is C13H13N6O6-. The van der Waals surface area contributed by atoms with Gasteiger partial charge in [-0.05, 0) is 15.9 Å². The third-order valence-electron chi connectivity index (χ3n) is 2.98. The largest absolute Gasteiger partial charge is 0.870 e. The third kappa shape index (κ3) is 4.19. The summed E-state index contributed by atoms with van der Waals surface area (Å²) in [4.78, 5) is 25.8. The summed E-state index contributed by atoms with van der Waals surface area (Å²) in [7, 11) is 1.24. The van der Waals surface area contributed by atoms with Gasteiger partial charge in [0.05, 0.1) is 24.6 Å². The van der Waals surface area contributed by atoms with Crippen molar-refractivity contribution in [3.63, 3.8) is 0 Å². The molecule has 0 saturated heterocycles. The van der Waals surface area contributed by atoms with Gasteiger partial charge in [-0.15, -0.1) is 0 Å². The number of carbonyl (C=O) groups is 1. The number of nitrogens with one attached hydrogen (secondary N) is 1. The van der Waals surface area contributed by atoms with E-state index in [1.165, 1.54) is 13.3 Å². The third-order valence-corrected chi connectivity index (χ3v) is 2.98. The second-order valence-corrected chi connectivity index (χ2v) is 4.61. The van der Waals surface area contributed by atoms with Crippen molar-refractivity contribution >= 4 is 23.6 Å². The molecule has 0 saturated carbocycles. The van der Waals surface area contributed by atoms with Crippen molar-refractivity contribution < 1.29 is 24.2 Å². The zero-order valence-corrected chi connectivity index (χ0v) is 13.0. The molecule has 1 aromatic carbocycles. The predicted octanol–water partition coefficient (Wildman–Crippen LogP) is -0.509. The molecule has 0 radical (unpaired) electrons. The van der Waals surface area contributed by atoms with E-state index in [0.29, 0.717) is 0 Å². The van der Waals surface area contributed by atoms with Crippen molar-refractivity contribution in [1.82, 2.24) is 15.6 Å². The number of amides is 1. The Kier molecular flexibility index (Phi) is 5.45. The fourth-order valence-electron chi connectivity index (χ4n) is 1.80. The number of rotatable bonds is 7. The molecule has 0 fully saturated rings. The zero-order valence-electron chi connectivity index (χ0n) is 13.0. The van der Waals surface area contributed by atoms with E-state index >= 15 is 0 Å². The Labute approximate surface area is 140 Å². The van der Waals surface area contributed by atoms with Crippen LogP contribution < -0.4 is 20.9 Å². The molecule has 0 aliphatic heterocycles. The highest BCUT2D eigenvalue weighted by Gasteiger charge is 2.15. The molecule has 0 spiro atoms. The van der Waals surface area contributed by atoms with Gasteiger partial charge in [-0.1, -0.05) is 5.75 Å². The number of non-ortho nitro benzene ring substituents is 1. The van der Waals surface area contributed by atoms with Gasteiger partial charge in [0, 0.05) is 18.8 Å². The lowest BCUT2D eigenvalue weighted by Gasteiger charge is -2.14. The Morgan fingerprint density at radius 2 is 2.28 bits per heavy atom. The number of hydrogen-bond acceptors (Lipinski definition) is 10. The first-order valence-corrected chi connectivity index (χ1v) is 6.83. The molecule has 2 aromatic rings. The lowest BCUT2D eigenvalue weighted by atomic mass is 10.1. The van der Waals surface area contributed by atoms with Crippen LogP contribution in [0.5, 0.6) is 11.5 Å². The second-order valence-electron chi connectivity index (χ2n) is 4.61. The zero-order chi connectivity index (χ0) is 18.4. The maximum absolute atomic E-state index is 12.0. The van der Waals surface area contributed by atoms with E-state index in [1.54, 1.807) is 0 Å². The average molecular weight is 349 g/mol. The van der Waals surface area contributed by atoms with Gasteiger partial charge in [0.15, 0.2) is 0 Å². The average Bonchev–Trinajstić information content (AvgIpc) is 3.01. The minimum Gasteiger partial charge on any atom is -0.870 e.